The fourth-order valence-corrected chi connectivity index (χ4v) is 2.75. The minimum atomic E-state index is -0.257. The first kappa shape index (κ1) is 16.7. The third-order valence-electron chi connectivity index (χ3n) is 3.68. The van der Waals surface area contributed by atoms with Crippen LogP contribution in [0.25, 0.3) is 0 Å². The highest BCUT2D eigenvalue weighted by Gasteiger charge is 2.27. The average molecular weight is 308 g/mol. The summed E-state index contributed by atoms with van der Waals surface area (Å²) in [6.45, 7) is 3.02. The van der Waals surface area contributed by atoms with Gasteiger partial charge in [-0.3, -0.25) is 4.79 Å². The van der Waals surface area contributed by atoms with Crippen molar-refractivity contribution in [2.24, 2.45) is 5.73 Å². The number of aryl methyl sites for hydroxylation is 1. The Balaban J connectivity index is 2.32. The quantitative estimate of drug-likeness (QED) is 0.826. The van der Waals surface area contributed by atoms with Crippen LogP contribution in [0.2, 0.25) is 0 Å². The molecule has 1 aliphatic rings. The Bertz CT molecular complexity index is 533. The second-order valence-corrected chi connectivity index (χ2v) is 5.52. The molecule has 6 heteroatoms. The standard InChI is InChI=1S/C16H24N2O4/c1-10-6-11(13(17)8-20-2)16-12(7-10)14(4-5-22-16)18-15(19)9-21-3/h6-7,13-14H,4-5,8-9,17H2,1-3H3,(H,18,19). The normalized spacial score (nSPS) is 18.3. The number of amides is 1. The number of nitrogens with one attached hydrogen (secondary N) is 1. The molecule has 1 aliphatic heterocycles. The number of nitrogens with two attached hydrogens (primary N) is 1. The zero-order valence-electron chi connectivity index (χ0n) is 13.3. The zero-order valence-corrected chi connectivity index (χ0v) is 13.3. The van der Waals surface area contributed by atoms with Crippen LogP contribution in [0, 0.1) is 6.92 Å². The van der Waals surface area contributed by atoms with Crippen molar-refractivity contribution in [1.82, 2.24) is 5.32 Å². The van der Waals surface area contributed by atoms with Crippen molar-refractivity contribution < 1.29 is 19.0 Å². The lowest BCUT2D eigenvalue weighted by Crippen LogP contribution is -2.35. The molecule has 1 heterocycles. The van der Waals surface area contributed by atoms with E-state index >= 15 is 0 Å². The lowest BCUT2D eigenvalue weighted by Gasteiger charge is -2.30. The van der Waals surface area contributed by atoms with Crippen molar-refractivity contribution in [3.05, 3.63) is 28.8 Å². The Kier molecular flexibility index (Phi) is 5.76. The van der Waals surface area contributed by atoms with E-state index in [1.807, 2.05) is 19.1 Å². The van der Waals surface area contributed by atoms with Crippen molar-refractivity contribution in [3.63, 3.8) is 0 Å². The number of hydrogen-bond donors (Lipinski definition) is 2. The highest BCUT2D eigenvalue weighted by atomic mass is 16.5. The molecule has 0 saturated carbocycles. The molecular weight excluding hydrogens is 284 g/mol. The molecule has 0 aliphatic carbocycles. The minimum absolute atomic E-state index is 0.0502. The molecule has 0 bridgehead atoms. The van der Waals surface area contributed by atoms with Crippen LogP contribution >= 0.6 is 0 Å². The van der Waals surface area contributed by atoms with Crippen molar-refractivity contribution in [2.45, 2.75) is 25.4 Å². The van der Waals surface area contributed by atoms with Gasteiger partial charge in [-0.15, -0.1) is 0 Å². The van der Waals surface area contributed by atoms with Crippen LogP contribution in [-0.4, -0.2) is 39.9 Å². The van der Waals surface area contributed by atoms with Gasteiger partial charge in [-0.05, 0) is 6.92 Å². The van der Waals surface area contributed by atoms with E-state index in [2.05, 4.69) is 5.32 Å². The van der Waals surface area contributed by atoms with E-state index in [1.165, 1.54) is 7.11 Å². The van der Waals surface area contributed by atoms with Gasteiger partial charge in [0.25, 0.3) is 0 Å². The maximum atomic E-state index is 11.8. The van der Waals surface area contributed by atoms with E-state index in [-0.39, 0.29) is 24.6 Å². The van der Waals surface area contributed by atoms with E-state index in [1.54, 1.807) is 7.11 Å². The van der Waals surface area contributed by atoms with Gasteiger partial charge in [0.15, 0.2) is 0 Å². The molecule has 6 nitrogen and oxygen atoms in total. The number of carbonyl (C=O) groups is 1. The highest BCUT2D eigenvalue weighted by molar-refractivity contribution is 5.78. The summed E-state index contributed by atoms with van der Waals surface area (Å²) in [5, 5.41) is 2.99. The number of hydrogen-bond acceptors (Lipinski definition) is 5. The summed E-state index contributed by atoms with van der Waals surface area (Å²) < 4.78 is 15.8. The molecule has 0 saturated heterocycles. The third kappa shape index (κ3) is 3.76. The van der Waals surface area contributed by atoms with Gasteiger partial charge in [0, 0.05) is 31.8 Å². The first-order valence-electron chi connectivity index (χ1n) is 7.36. The molecular formula is C16H24N2O4. The van der Waals surface area contributed by atoms with Crippen LogP contribution < -0.4 is 15.8 Å². The van der Waals surface area contributed by atoms with Crippen LogP contribution in [0.1, 0.15) is 35.2 Å². The lowest BCUT2D eigenvalue weighted by atomic mass is 9.92. The number of rotatable bonds is 6. The lowest BCUT2D eigenvalue weighted by molar-refractivity contribution is -0.125. The van der Waals surface area contributed by atoms with Crippen LogP contribution in [0.5, 0.6) is 5.75 Å². The maximum Gasteiger partial charge on any atom is 0.246 e. The molecule has 22 heavy (non-hydrogen) atoms. The summed E-state index contributed by atoms with van der Waals surface area (Å²) in [6, 6.07) is 3.71. The predicted molar refractivity (Wildman–Crippen MR) is 82.9 cm³/mol. The van der Waals surface area contributed by atoms with Crippen molar-refractivity contribution >= 4 is 5.91 Å². The molecule has 2 rings (SSSR count). The van der Waals surface area contributed by atoms with Crippen LogP contribution in [-0.2, 0) is 14.3 Å². The Morgan fingerprint density at radius 3 is 2.91 bits per heavy atom. The highest BCUT2D eigenvalue weighted by Crippen LogP contribution is 2.38. The number of ether oxygens (including phenoxy) is 3. The molecule has 0 spiro atoms. The van der Waals surface area contributed by atoms with E-state index in [9.17, 15) is 4.79 Å². The summed E-state index contributed by atoms with van der Waals surface area (Å²) in [4.78, 5) is 11.8. The zero-order chi connectivity index (χ0) is 16.1. The van der Waals surface area contributed by atoms with Crippen LogP contribution in [0.15, 0.2) is 12.1 Å². The molecule has 0 aromatic heterocycles. The summed E-state index contributed by atoms with van der Waals surface area (Å²) in [5.74, 6) is 0.633. The SMILES string of the molecule is COCC(=O)NC1CCOc2c(C(N)COC)cc(C)cc21. The Hall–Kier alpha value is -1.63. The number of fused-ring (bicyclic) bond motifs is 1. The monoisotopic (exact) mass is 308 g/mol. The molecule has 0 radical (unpaired) electrons. The topological polar surface area (TPSA) is 82.8 Å². The largest absolute Gasteiger partial charge is 0.493 e. The fourth-order valence-electron chi connectivity index (χ4n) is 2.75. The van der Waals surface area contributed by atoms with Gasteiger partial charge in [-0.25, -0.2) is 0 Å². The summed E-state index contributed by atoms with van der Waals surface area (Å²) >= 11 is 0. The van der Waals surface area contributed by atoms with E-state index in [0.29, 0.717) is 13.2 Å². The van der Waals surface area contributed by atoms with Gasteiger partial charge in [0.1, 0.15) is 12.4 Å². The van der Waals surface area contributed by atoms with Crippen molar-refractivity contribution in [1.29, 1.82) is 0 Å². The first-order valence-corrected chi connectivity index (χ1v) is 7.36. The molecule has 0 fully saturated rings. The van der Waals surface area contributed by atoms with Gasteiger partial charge in [-0.1, -0.05) is 17.7 Å². The molecule has 1 aromatic carbocycles. The molecule has 122 valence electrons. The second-order valence-electron chi connectivity index (χ2n) is 5.52. The minimum Gasteiger partial charge on any atom is -0.493 e. The van der Waals surface area contributed by atoms with Crippen LogP contribution in [0.3, 0.4) is 0 Å². The van der Waals surface area contributed by atoms with Gasteiger partial charge < -0.3 is 25.3 Å². The van der Waals surface area contributed by atoms with E-state index in [4.69, 9.17) is 19.9 Å². The maximum absolute atomic E-state index is 11.8. The number of methoxy groups -OCH3 is 2. The summed E-state index contributed by atoms with van der Waals surface area (Å²) in [5.41, 5.74) is 9.15. The van der Waals surface area contributed by atoms with Gasteiger partial charge in [0.2, 0.25) is 5.91 Å². The van der Waals surface area contributed by atoms with Crippen LogP contribution in [0.4, 0.5) is 0 Å². The van der Waals surface area contributed by atoms with E-state index < -0.39 is 0 Å². The van der Waals surface area contributed by atoms with Crippen molar-refractivity contribution in [3.8, 4) is 5.75 Å². The molecule has 3 N–H and O–H groups in total. The predicted octanol–water partition coefficient (Wildman–Crippen LogP) is 1.23. The van der Waals surface area contributed by atoms with E-state index in [0.717, 1.165) is 28.9 Å². The average Bonchev–Trinajstić information content (AvgIpc) is 2.47. The summed E-state index contributed by atoms with van der Waals surface area (Å²) in [7, 11) is 3.13. The van der Waals surface area contributed by atoms with Gasteiger partial charge >= 0.3 is 0 Å². The smallest absolute Gasteiger partial charge is 0.246 e. The Morgan fingerprint density at radius 2 is 2.23 bits per heavy atom. The fraction of sp³-hybridized carbons (Fsp3) is 0.562. The number of carbonyl (C=O) groups excluding carboxylic acids is 1. The molecule has 1 amide bonds. The van der Waals surface area contributed by atoms with Gasteiger partial charge in [0.05, 0.1) is 25.3 Å². The molecule has 2 unspecified atom stereocenters. The van der Waals surface area contributed by atoms with Gasteiger partial charge in [-0.2, -0.15) is 0 Å². The van der Waals surface area contributed by atoms with Crippen molar-refractivity contribution in [2.75, 3.05) is 34.0 Å². The number of benzene rings is 1. The molecule has 2 atom stereocenters. The third-order valence-corrected chi connectivity index (χ3v) is 3.68. The second kappa shape index (κ2) is 7.58. The molecule has 1 aromatic rings. The Morgan fingerprint density at radius 1 is 1.45 bits per heavy atom. The summed E-state index contributed by atoms with van der Waals surface area (Å²) in [6.07, 6.45) is 0.727. The Labute approximate surface area is 130 Å². The first-order chi connectivity index (χ1) is 10.6.